The first kappa shape index (κ1) is 10.4. The summed E-state index contributed by atoms with van der Waals surface area (Å²) in [4.78, 5) is 1.42. The first-order valence-electron chi connectivity index (χ1n) is 4.33. The fourth-order valence-electron chi connectivity index (χ4n) is 1.53. The van der Waals surface area contributed by atoms with Crippen LogP contribution in [0, 0.1) is 0 Å². The molecule has 0 aromatic heterocycles. The first-order valence-corrected chi connectivity index (χ1v) is 5.89. The summed E-state index contributed by atoms with van der Waals surface area (Å²) in [6.45, 7) is 0. The second-order valence-electron chi connectivity index (χ2n) is 3.10. The summed E-state index contributed by atoms with van der Waals surface area (Å²) in [5.41, 5.74) is 0. The Balaban J connectivity index is 0.000000845. The molecule has 1 aromatic carbocycles. The summed E-state index contributed by atoms with van der Waals surface area (Å²) >= 11 is 0. The molecule has 0 spiro atoms. The van der Waals surface area contributed by atoms with Crippen molar-refractivity contribution in [2.45, 2.75) is 17.7 Å². The highest BCUT2D eigenvalue weighted by Crippen LogP contribution is 2.24. The molecule has 0 amide bonds. The minimum Gasteiger partial charge on any atom is -0.870 e. The number of hydrogen-bond donors (Lipinski definition) is 1. The van der Waals surface area contributed by atoms with Crippen LogP contribution < -0.4 is 0 Å². The van der Waals surface area contributed by atoms with Gasteiger partial charge in [0, 0.05) is 10.9 Å². The molecule has 1 fully saturated rings. The lowest BCUT2D eigenvalue weighted by Crippen LogP contribution is -2.02. The summed E-state index contributed by atoms with van der Waals surface area (Å²) in [5, 5.41) is 9.10. The standard InChI is InChI=1S/C10H12OS.H2O/c11-9-3-5-10(6-4-9)12-7-1-2-8-12;/h3-6H,1-2,7-8H2;1H2. The van der Waals surface area contributed by atoms with Crippen molar-refractivity contribution in [2.75, 3.05) is 11.5 Å². The van der Waals surface area contributed by atoms with Crippen LogP contribution in [0.3, 0.4) is 0 Å². The zero-order chi connectivity index (χ0) is 8.39. The van der Waals surface area contributed by atoms with Crippen LogP contribution in [-0.2, 0) is 10.9 Å². The Morgan fingerprint density at radius 2 is 1.54 bits per heavy atom. The van der Waals surface area contributed by atoms with Crippen molar-refractivity contribution in [3.8, 4) is 5.75 Å². The Hall–Kier alpha value is -0.670. The lowest BCUT2D eigenvalue weighted by Gasteiger charge is -1.98. The molecule has 3 heteroatoms. The monoisotopic (exact) mass is 198 g/mol. The number of rotatable bonds is 1. The van der Waals surface area contributed by atoms with E-state index in [9.17, 15) is 0 Å². The van der Waals surface area contributed by atoms with Crippen LogP contribution >= 0.6 is 0 Å². The topological polar surface area (TPSA) is 50.2 Å². The maximum absolute atomic E-state index is 9.10. The van der Waals surface area contributed by atoms with E-state index in [0.717, 1.165) is 0 Å². The van der Waals surface area contributed by atoms with Crippen LogP contribution in [0.1, 0.15) is 12.8 Å². The molecule has 1 heterocycles. The SMILES string of the molecule is Oc1ccc([S+]2CCCC2)cc1.[OH-]. The van der Waals surface area contributed by atoms with Gasteiger partial charge in [0.2, 0.25) is 0 Å². The van der Waals surface area contributed by atoms with Crippen LogP contribution in [-0.4, -0.2) is 22.1 Å². The van der Waals surface area contributed by atoms with E-state index in [1.807, 2.05) is 0 Å². The van der Waals surface area contributed by atoms with E-state index >= 15 is 0 Å². The van der Waals surface area contributed by atoms with Gasteiger partial charge in [0.05, 0.1) is 0 Å². The van der Waals surface area contributed by atoms with Crippen LogP contribution in [0.25, 0.3) is 0 Å². The van der Waals surface area contributed by atoms with E-state index in [4.69, 9.17) is 5.11 Å². The summed E-state index contributed by atoms with van der Waals surface area (Å²) < 4.78 is 0. The zero-order valence-corrected chi connectivity index (χ0v) is 8.26. The average Bonchev–Trinajstić information content (AvgIpc) is 2.58. The van der Waals surface area contributed by atoms with Gasteiger partial charge in [-0.05, 0) is 37.1 Å². The van der Waals surface area contributed by atoms with Crippen molar-refractivity contribution in [2.24, 2.45) is 0 Å². The number of aromatic hydroxyl groups is 1. The Morgan fingerprint density at radius 3 is 2.08 bits per heavy atom. The molecule has 0 radical (unpaired) electrons. The predicted octanol–water partition coefficient (Wildman–Crippen LogP) is 1.99. The molecular formula is C10H14O2S. The molecular weight excluding hydrogens is 184 g/mol. The molecule has 0 bridgehead atoms. The first-order chi connectivity index (χ1) is 5.86. The molecule has 1 aromatic rings. The molecule has 1 saturated heterocycles. The van der Waals surface area contributed by atoms with Crippen molar-refractivity contribution in [1.29, 1.82) is 0 Å². The van der Waals surface area contributed by atoms with Gasteiger partial charge in [-0.2, -0.15) is 0 Å². The van der Waals surface area contributed by atoms with E-state index in [1.54, 1.807) is 12.1 Å². The van der Waals surface area contributed by atoms with Crippen LogP contribution in [0.2, 0.25) is 0 Å². The molecule has 13 heavy (non-hydrogen) atoms. The van der Waals surface area contributed by atoms with Gasteiger partial charge < -0.3 is 10.6 Å². The van der Waals surface area contributed by atoms with Gasteiger partial charge >= 0.3 is 0 Å². The largest absolute Gasteiger partial charge is 0.870 e. The smallest absolute Gasteiger partial charge is 0.155 e. The highest BCUT2D eigenvalue weighted by Gasteiger charge is 2.26. The normalized spacial score (nSPS) is 16.9. The van der Waals surface area contributed by atoms with E-state index in [-0.39, 0.29) is 5.48 Å². The third kappa shape index (κ3) is 2.39. The lowest BCUT2D eigenvalue weighted by atomic mass is 10.3. The number of benzene rings is 1. The predicted molar refractivity (Wildman–Crippen MR) is 54.6 cm³/mol. The third-order valence-corrected chi connectivity index (χ3v) is 4.70. The maximum Gasteiger partial charge on any atom is 0.155 e. The van der Waals surface area contributed by atoms with Gasteiger partial charge in [0.15, 0.2) is 4.90 Å². The molecule has 72 valence electrons. The number of hydrogen-bond acceptors (Lipinski definition) is 2. The molecule has 2 nitrogen and oxygen atoms in total. The van der Waals surface area contributed by atoms with E-state index in [2.05, 4.69) is 12.1 Å². The van der Waals surface area contributed by atoms with E-state index in [1.165, 1.54) is 29.2 Å². The quantitative estimate of drug-likeness (QED) is 0.701. The van der Waals surface area contributed by atoms with E-state index in [0.29, 0.717) is 16.6 Å². The van der Waals surface area contributed by atoms with Crippen molar-refractivity contribution in [3.63, 3.8) is 0 Å². The number of phenols is 1. The molecule has 0 atom stereocenters. The molecule has 0 saturated carbocycles. The molecule has 0 aliphatic carbocycles. The Labute approximate surface area is 81.3 Å². The minimum absolute atomic E-state index is 0. The van der Waals surface area contributed by atoms with Gasteiger partial charge in [-0.25, -0.2) is 0 Å². The highest BCUT2D eigenvalue weighted by atomic mass is 32.2. The Bertz CT molecular complexity index is 252. The molecule has 1 aliphatic rings. The van der Waals surface area contributed by atoms with Gasteiger partial charge in [0.25, 0.3) is 0 Å². The molecule has 2 rings (SSSR count). The number of phenolic OH excluding ortho intramolecular Hbond substituents is 1. The maximum atomic E-state index is 9.10. The second-order valence-corrected chi connectivity index (χ2v) is 5.38. The van der Waals surface area contributed by atoms with Gasteiger partial charge in [-0.1, -0.05) is 0 Å². The van der Waals surface area contributed by atoms with Crippen molar-refractivity contribution < 1.29 is 10.6 Å². The Morgan fingerprint density at radius 1 is 1.00 bits per heavy atom. The second kappa shape index (κ2) is 4.53. The fraction of sp³-hybridized carbons (Fsp3) is 0.400. The molecule has 0 unspecified atom stereocenters. The van der Waals surface area contributed by atoms with Crippen molar-refractivity contribution in [1.82, 2.24) is 0 Å². The summed E-state index contributed by atoms with van der Waals surface area (Å²) in [7, 11) is 0.490. The van der Waals surface area contributed by atoms with E-state index < -0.39 is 0 Å². The summed E-state index contributed by atoms with van der Waals surface area (Å²) in [6, 6.07) is 7.70. The molecule has 2 N–H and O–H groups in total. The van der Waals surface area contributed by atoms with Gasteiger partial charge in [-0.3, -0.25) is 0 Å². The molecule has 1 aliphatic heterocycles. The van der Waals surface area contributed by atoms with Gasteiger partial charge in [0.1, 0.15) is 17.3 Å². The summed E-state index contributed by atoms with van der Waals surface area (Å²) in [6.07, 6.45) is 2.76. The van der Waals surface area contributed by atoms with Crippen LogP contribution in [0.4, 0.5) is 0 Å². The Kier molecular flexibility index (Phi) is 3.63. The van der Waals surface area contributed by atoms with Crippen LogP contribution in [0.5, 0.6) is 5.75 Å². The van der Waals surface area contributed by atoms with Crippen molar-refractivity contribution in [3.05, 3.63) is 24.3 Å². The van der Waals surface area contributed by atoms with Gasteiger partial charge in [-0.15, -0.1) is 0 Å². The third-order valence-electron chi connectivity index (χ3n) is 2.20. The lowest BCUT2D eigenvalue weighted by molar-refractivity contribution is 0.475. The summed E-state index contributed by atoms with van der Waals surface area (Å²) in [5.74, 6) is 3.08. The average molecular weight is 198 g/mol. The fourth-order valence-corrected chi connectivity index (χ4v) is 3.83. The van der Waals surface area contributed by atoms with Crippen molar-refractivity contribution >= 4 is 10.9 Å². The highest BCUT2D eigenvalue weighted by molar-refractivity contribution is 7.97. The zero-order valence-electron chi connectivity index (χ0n) is 7.44. The minimum atomic E-state index is 0. The van der Waals surface area contributed by atoms with Crippen LogP contribution in [0.15, 0.2) is 29.2 Å².